The number of ether oxygens (including phenoxy) is 3. The quantitative estimate of drug-likeness (QED) is 0.434. The predicted molar refractivity (Wildman–Crippen MR) is 144 cm³/mol. The van der Waals surface area contributed by atoms with Crippen LogP contribution in [0.15, 0.2) is 63.8 Å². The minimum atomic E-state index is -3.66. The topological polar surface area (TPSA) is 85.6 Å². The van der Waals surface area contributed by atoms with Crippen molar-refractivity contribution in [2.24, 2.45) is 4.99 Å². The SMILES string of the molecule is COCCn1c(-c2ccccc2)csc1=Nc1cc(S(=O)(=O)N2CCOCC2)ccc1N1CCOCC1. The van der Waals surface area contributed by atoms with Gasteiger partial charge in [-0.05, 0) is 23.8 Å². The molecule has 5 rings (SSSR count). The first kappa shape index (κ1) is 26.1. The van der Waals surface area contributed by atoms with Gasteiger partial charge in [-0.1, -0.05) is 30.3 Å². The van der Waals surface area contributed by atoms with Crippen molar-refractivity contribution in [3.05, 3.63) is 58.7 Å². The molecule has 1 aromatic heterocycles. The molecule has 0 spiro atoms. The predicted octanol–water partition coefficient (Wildman–Crippen LogP) is 2.95. The van der Waals surface area contributed by atoms with Crippen molar-refractivity contribution in [2.75, 3.05) is 71.2 Å². The van der Waals surface area contributed by atoms with Gasteiger partial charge in [-0.3, -0.25) is 0 Å². The fourth-order valence-corrected chi connectivity index (χ4v) is 6.90. The monoisotopic (exact) mass is 544 g/mol. The summed E-state index contributed by atoms with van der Waals surface area (Å²) in [5.74, 6) is 0. The highest BCUT2D eigenvalue weighted by Gasteiger charge is 2.28. The molecular formula is C26H32N4O5S2. The number of sulfonamides is 1. The van der Waals surface area contributed by atoms with Crippen LogP contribution < -0.4 is 9.70 Å². The summed E-state index contributed by atoms with van der Waals surface area (Å²) in [5, 5.41) is 2.09. The Morgan fingerprint density at radius 1 is 0.973 bits per heavy atom. The molecule has 2 fully saturated rings. The van der Waals surface area contributed by atoms with Crippen LogP contribution in [-0.2, 0) is 30.8 Å². The third kappa shape index (κ3) is 5.82. The van der Waals surface area contributed by atoms with Crippen molar-refractivity contribution in [1.82, 2.24) is 8.87 Å². The number of benzene rings is 2. The van der Waals surface area contributed by atoms with E-state index in [4.69, 9.17) is 19.2 Å². The van der Waals surface area contributed by atoms with Crippen molar-refractivity contribution >= 4 is 32.7 Å². The average molecular weight is 545 g/mol. The fourth-order valence-electron chi connectivity index (χ4n) is 4.52. The molecule has 37 heavy (non-hydrogen) atoms. The van der Waals surface area contributed by atoms with Crippen LogP contribution in [0.4, 0.5) is 11.4 Å². The largest absolute Gasteiger partial charge is 0.383 e. The van der Waals surface area contributed by atoms with Gasteiger partial charge < -0.3 is 23.7 Å². The summed E-state index contributed by atoms with van der Waals surface area (Å²) >= 11 is 1.53. The molecule has 0 atom stereocenters. The first-order valence-corrected chi connectivity index (χ1v) is 14.7. The zero-order chi connectivity index (χ0) is 25.7. The summed E-state index contributed by atoms with van der Waals surface area (Å²) in [7, 11) is -1.98. The van der Waals surface area contributed by atoms with Crippen molar-refractivity contribution in [3.8, 4) is 11.3 Å². The molecule has 2 aromatic carbocycles. The Balaban J connectivity index is 1.62. The molecular weight excluding hydrogens is 512 g/mol. The average Bonchev–Trinajstić information content (AvgIpc) is 3.35. The standard InChI is InChI=1S/C26H32N4O5S2/c1-33-14-13-30-25(21-5-3-2-4-6-21)20-36-26(30)27-23-19-22(37(31,32)29-11-17-35-18-12-29)7-8-24(23)28-9-15-34-16-10-28/h2-8,19-20H,9-18H2,1H3. The van der Waals surface area contributed by atoms with Gasteiger partial charge in [-0.2, -0.15) is 4.31 Å². The highest BCUT2D eigenvalue weighted by molar-refractivity contribution is 7.89. The van der Waals surface area contributed by atoms with E-state index in [1.54, 1.807) is 19.2 Å². The van der Waals surface area contributed by atoms with Crippen molar-refractivity contribution < 1.29 is 22.6 Å². The molecule has 3 heterocycles. The van der Waals surface area contributed by atoms with E-state index >= 15 is 0 Å². The van der Waals surface area contributed by atoms with E-state index in [2.05, 4.69) is 27.0 Å². The number of anilines is 1. The number of methoxy groups -OCH3 is 1. The number of morpholine rings is 2. The zero-order valence-electron chi connectivity index (χ0n) is 20.9. The van der Waals surface area contributed by atoms with Crippen LogP contribution in [0.5, 0.6) is 0 Å². The third-order valence-corrected chi connectivity index (χ3v) is 9.27. The minimum absolute atomic E-state index is 0.244. The van der Waals surface area contributed by atoms with Gasteiger partial charge in [0, 0.05) is 45.2 Å². The number of rotatable bonds is 8. The second-order valence-corrected chi connectivity index (χ2v) is 11.6. The molecule has 2 aliphatic rings. The van der Waals surface area contributed by atoms with E-state index in [0.29, 0.717) is 58.4 Å². The maximum Gasteiger partial charge on any atom is 0.243 e. The molecule has 9 nitrogen and oxygen atoms in total. The highest BCUT2D eigenvalue weighted by atomic mass is 32.2. The second kappa shape index (κ2) is 11.9. The Morgan fingerprint density at radius 3 is 2.38 bits per heavy atom. The van der Waals surface area contributed by atoms with E-state index < -0.39 is 10.0 Å². The lowest BCUT2D eigenvalue weighted by atomic mass is 10.2. The number of thiazole rings is 1. The van der Waals surface area contributed by atoms with Gasteiger partial charge in [-0.15, -0.1) is 11.3 Å². The first-order valence-electron chi connectivity index (χ1n) is 12.4. The zero-order valence-corrected chi connectivity index (χ0v) is 22.5. The van der Waals surface area contributed by atoms with Crippen molar-refractivity contribution in [1.29, 1.82) is 0 Å². The molecule has 0 saturated carbocycles. The summed E-state index contributed by atoms with van der Waals surface area (Å²) < 4.78 is 46.8. The van der Waals surface area contributed by atoms with E-state index in [0.717, 1.165) is 34.8 Å². The van der Waals surface area contributed by atoms with Crippen LogP contribution in [0, 0.1) is 0 Å². The molecule has 0 bridgehead atoms. The van der Waals surface area contributed by atoms with E-state index in [1.807, 2.05) is 24.3 Å². The summed E-state index contributed by atoms with van der Waals surface area (Å²) in [6.45, 7) is 5.36. The molecule has 198 valence electrons. The lowest BCUT2D eigenvalue weighted by Crippen LogP contribution is -2.40. The molecule has 0 amide bonds. The number of hydrogen-bond donors (Lipinski definition) is 0. The maximum absolute atomic E-state index is 13.5. The molecule has 2 saturated heterocycles. The molecule has 0 N–H and O–H groups in total. The highest BCUT2D eigenvalue weighted by Crippen LogP contribution is 2.33. The van der Waals surface area contributed by atoms with E-state index in [1.165, 1.54) is 15.6 Å². The summed E-state index contributed by atoms with van der Waals surface area (Å²) in [6, 6.07) is 15.4. The summed E-state index contributed by atoms with van der Waals surface area (Å²) in [5.41, 5.74) is 3.67. The molecule has 0 unspecified atom stereocenters. The summed E-state index contributed by atoms with van der Waals surface area (Å²) in [4.78, 5) is 8.30. The van der Waals surface area contributed by atoms with Crippen LogP contribution >= 0.6 is 11.3 Å². The summed E-state index contributed by atoms with van der Waals surface area (Å²) in [6.07, 6.45) is 0. The first-order chi connectivity index (χ1) is 18.1. The maximum atomic E-state index is 13.5. The molecule has 11 heteroatoms. The van der Waals surface area contributed by atoms with E-state index in [-0.39, 0.29) is 4.90 Å². The van der Waals surface area contributed by atoms with E-state index in [9.17, 15) is 8.42 Å². The molecule has 3 aromatic rings. The lowest BCUT2D eigenvalue weighted by molar-refractivity contribution is 0.0730. The van der Waals surface area contributed by atoms with Crippen LogP contribution in [0.1, 0.15) is 0 Å². The van der Waals surface area contributed by atoms with Gasteiger partial charge in [0.15, 0.2) is 4.80 Å². The van der Waals surface area contributed by atoms with Crippen molar-refractivity contribution in [3.63, 3.8) is 0 Å². The minimum Gasteiger partial charge on any atom is -0.383 e. The normalized spacial score (nSPS) is 17.9. The van der Waals surface area contributed by atoms with Crippen LogP contribution in [-0.4, -0.2) is 83.6 Å². The van der Waals surface area contributed by atoms with Crippen molar-refractivity contribution in [2.45, 2.75) is 11.4 Å². The number of aromatic nitrogens is 1. The van der Waals surface area contributed by atoms with Crippen LogP contribution in [0.25, 0.3) is 11.3 Å². The number of hydrogen-bond acceptors (Lipinski definition) is 8. The van der Waals surface area contributed by atoms with Gasteiger partial charge in [0.25, 0.3) is 0 Å². The number of nitrogens with zero attached hydrogens (tertiary/aromatic N) is 4. The Bertz CT molecular complexity index is 1360. The van der Waals surface area contributed by atoms with Gasteiger partial charge in [0.2, 0.25) is 10.0 Å². The van der Waals surface area contributed by atoms with Crippen LogP contribution in [0.2, 0.25) is 0 Å². The Kier molecular flexibility index (Phi) is 8.38. The molecule has 0 aliphatic carbocycles. The lowest BCUT2D eigenvalue weighted by Gasteiger charge is -2.30. The second-order valence-electron chi connectivity index (χ2n) is 8.79. The Morgan fingerprint density at radius 2 is 1.68 bits per heavy atom. The Hall–Kier alpha value is -2.54. The third-order valence-electron chi connectivity index (χ3n) is 6.51. The molecule has 2 aliphatic heterocycles. The van der Waals surface area contributed by atoms with Crippen LogP contribution in [0.3, 0.4) is 0 Å². The fraction of sp³-hybridized carbons (Fsp3) is 0.423. The smallest absolute Gasteiger partial charge is 0.243 e. The van der Waals surface area contributed by atoms with Gasteiger partial charge in [0.05, 0.1) is 55.0 Å². The van der Waals surface area contributed by atoms with Gasteiger partial charge in [0.1, 0.15) is 0 Å². The molecule has 0 radical (unpaired) electrons. The van der Waals surface area contributed by atoms with Gasteiger partial charge in [-0.25, -0.2) is 13.4 Å². The Labute approximate surface area is 221 Å². The van der Waals surface area contributed by atoms with Gasteiger partial charge >= 0.3 is 0 Å².